The second-order valence-corrected chi connectivity index (χ2v) is 2.48. The maximum atomic E-state index is 10.8. The number of nitro benzene ring substituents is 1. The van der Waals surface area contributed by atoms with E-state index in [9.17, 15) is 19.7 Å². The smallest absolute Gasteiger partial charge is 0.402 e. The summed E-state index contributed by atoms with van der Waals surface area (Å²) in [5, 5.41) is 10.5. The van der Waals surface area contributed by atoms with E-state index in [2.05, 4.69) is 10.5 Å². The number of hydrogen-bond donors (Lipinski definition) is 1. The van der Waals surface area contributed by atoms with Gasteiger partial charge in [-0.2, -0.15) is 0 Å². The van der Waals surface area contributed by atoms with Gasteiger partial charge in [0.05, 0.1) is 4.92 Å². The minimum absolute atomic E-state index is 0.314. The molecule has 1 aromatic carbocycles. The molecule has 1 amide bonds. The number of carbonyl (C=O) groups excluding carboxylic acids is 2. The first-order valence-electron chi connectivity index (χ1n) is 3.77. The van der Waals surface area contributed by atoms with Crippen LogP contribution in [0, 0.1) is 10.1 Å². The highest BCUT2D eigenvalue weighted by Gasteiger charge is 2.19. The molecular weight excluding hydrogens is 204 g/mol. The van der Waals surface area contributed by atoms with E-state index < -0.39 is 22.5 Å². The number of ether oxygens (including phenoxy) is 1. The largest absolute Gasteiger partial charge is 0.412 e. The van der Waals surface area contributed by atoms with E-state index in [0.717, 1.165) is 6.07 Å². The number of benzene rings is 1. The minimum Gasteiger partial charge on any atom is -0.412 e. The molecule has 0 aliphatic rings. The first kappa shape index (κ1) is 10.6. The van der Waals surface area contributed by atoms with Gasteiger partial charge in [0.2, 0.25) is 5.75 Å². The van der Waals surface area contributed by atoms with Crippen molar-refractivity contribution in [1.82, 2.24) is 0 Å². The molecule has 0 atom stereocenters. The Kier molecular flexibility index (Phi) is 2.97. The van der Waals surface area contributed by atoms with Crippen molar-refractivity contribution in [2.75, 3.05) is 0 Å². The number of nitrogens with zero attached hydrogens (tertiary/aromatic N) is 1. The molecule has 0 heterocycles. The summed E-state index contributed by atoms with van der Waals surface area (Å²) in [7, 11) is 0. The fourth-order valence-electron chi connectivity index (χ4n) is 0.844. The summed E-state index contributed by atoms with van der Waals surface area (Å²) in [6, 6.07) is 5.17. The second-order valence-electron chi connectivity index (χ2n) is 2.48. The lowest BCUT2D eigenvalue weighted by molar-refractivity contribution is -0.385. The summed E-state index contributed by atoms with van der Waals surface area (Å²) in [6.45, 7) is 0. The van der Waals surface area contributed by atoms with Crippen LogP contribution in [0.5, 0.6) is 5.75 Å². The molecule has 0 saturated carbocycles. The summed E-state index contributed by atoms with van der Waals surface area (Å²) < 4.78 is 4.41. The van der Waals surface area contributed by atoms with Gasteiger partial charge in [-0.05, 0) is 6.07 Å². The van der Waals surface area contributed by atoms with Crippen molar-refractivity contribution in [2.45, 2.75) is 0 Å². The van der Waals surface area contributed by atoms with Crippen LogP contribution in [0.3, 0.4) is 0 Å². The van der Waals surface area contributed by atoms with Crippen molar-refractivity contribution in [3.63, 3.8) is 0 Å². The summed E-state index contributed by atoms with van der Waals surface area (Å²) in [6.07, 6.45) is 0. The van der Waals surface area contributed by atoms with Crippen molar-refractivity contribution in [3.05, 3.63) is 34.4 Å². The lowest BCUT2D eigenvalue weighted by Gasteiger charge is -2.01. The summed E-state index contributed by atoms with van der Waals surface area (Å²) in [5.74, 6) is -2.97. The van der Waals surface area contributed by atoms with E-state index in [1.807, 2.05) is 0 Å². The molecule has 0 radical (unpaired) electrons. The van der Waals surface area contributed by atoms with Crippen molar-refractivity contribution < 1.29 is 19.2 Å². The molecule has 15 heavy (non-hydrogen) atoms. The van der Waals surface area contributed by atoms with Crippen molar-refractivity contribution in [3.8, 4) is 5.75 Å². The highest BCUT2D eigenvalue weighted by Crippen LogP contribution is 2.25. The standard InChI is InChI=1S/C8H6N2O5/c9-7(11)8(12)15-6-4-2-1-3-5(6)10(13)14/h1-4H,(H2,9,11). The molecule has 0 spiro atoms. The third-order valence-electron chi connectivity index (χ3n) is 1.47. The predicted molar refractivity (Wildman–Crippen MR) is 47.9 cm³/mol. The highest BCUT2D eigenvalue weighted by atomic mass is 16.6. The molecule has 0 bridgehead atoms. The number of rotatable bonds is 2. The molecule has 0 unspecified atom stereocenters. The van der Waals surface area contributed by atoms with E-state index >= 15 is 0 Å². The van der Waals surface area contributed by atoms with Crippen molar-refractivity contribution in [2.24, 2.45) is 5.73 Å². The SMILES string of the molecule is NC(=O)C(=O)Oc1ccccc1[N+](=O)[O-]. The van der Waals surface area contributed by atoms with Gasteiger partial charge in [0.15, 0.2) is 0 Å². The number of hydrogen-bond acceptors (Lipinski definition) is 5. The number of carbonyl (C=O) groups is 2. The third kappa shape index (κ3) is 2.50. The Morgan fingerprint density at radius 2 is 1.93 bits per heavy atom. The zero-order valence-electron chi connectivity index (χ0n) is 7.38. The van der Waals surface area contributed by atoms with Gasteiger partial charge in [-0.3, -0.25) is 14.9 Å². The fraction of sp³-hybridized carbons (Fsp3) is 0. The molecule has 1 rings (SSSR count). The van der Waals surface area contributed by atoms with Crippen LogP contribution in [0.2, 0.25) is 0 Å². The van der Waals surface area contributed by atoms with E-state index in [4.69, 9.17) is 0 Å². The second kappa shape index (κ2) is 4.18. The molecule has 0 aliphatic carbocycles. The Hall–Kier alpha value is -2.44. The van der Waals surface area contributed by atoms with Crippen LogP contribution in [-0.4, -0.2) is 16.8 Å². The van der Waals surface area contributed by atoms with Gasteiger partial charge >= 0.3 is 17.6 Å². The number of amides is 1. The molecule has 7 nitrogen and oxygen atoms in total. The highest BCUT2D eigenvalue weighted by molar-refractivity contribution is 6.32. The monoisotopic (exact) mass is 210 g/mol. The first-order valence-corrected chi connectivity index (χ1v) is 3.77. The fourth-order valence-corrected chi connectivity index (χ4v) is 0.844. The van der Waals surface area contributed by atoms with Crippen LogP contribution in [0.25, 0.3) is 0 Å². The average molecular weight is 210 g/mol. The molecule has 0 fully saturated rings. The number of esters is 1. The topological polar surface area (TPSA) is 113 Å². The van der Waals surface area contributed by atoms with Crippen LogP contribution in [-0.2, 0) is 9.59 Å². The number of nitrogens with two attached hydrogens (primary N) is 1. The predicted octanol–water partition coefficient (Wildman–Crippen LogP) is -0.0145. The maximum absolute atomic E-state index is 10.8. The first-order chi connectivity index (χ1) is 7.02. The molecule has 2 N–H and O–H groups in total. The Labute approximate surface area is 83.6 Å². The van der Waals surface area contributed by atoms with Crippen LogP contribution in [0.15, 0.2) is 24.3 Å². The quantitative estimate of drug-likeness (QED) is 0.242. The Bertz CT molecular complexity index is 429. The summed E-state index contributed by atoms with van der Waals surface area (Å²) in [5.41, 5.74) is 4.22. The van der Waals surface area contributed by atoms with Crippen LogP contribution in [0.1, 0.15) is 0 Å². The third-order valence-corrected chi connectivity index (χ3v) is 1.47. The normalized spacial score (nSPS) is 9.33. The average Bonchev–Trinajstić information content (AvgIpc) is 2.18. The van der Waals surface area contributed by atoms with Crippen LogP contribution < -0.4 is 10.5 Å². The van der Waals surface area contributed by atoms with Gasteiger partial charge in [0.25, 0.3) is 0 Å². The Morgan fingerprint density at radius 1 is 1.33 bits per heavy atom. The zero-order valence-corrected chi connectivity index (χ0v) is 7.38. The number of primary amides is 1. The van der Waals surface area contributed by atoms with Gasteiger partial charge in [0, 0.05) is 6.07 Å². The molecule has 1 aromatic rings. The van der Waals surface area contributed by atoms with E-state index in [1.54, 1.807) is 0 Å². The number of nitro groups is 1. The lowest BCUT2D eigenvalue weighted by atomic mass is 10.3. The van der Waals surface area contributed by atoms with Gasteiger partial charge < -0.3 is 10.5 Å². The lowest BCUT2D eigenvalue weighted by Crippen LogP contribution is -2.27. The van der Waals surface area contributed by atoms with Crippen LogP contribution in [0.4, 0.5) is 5.69 Å². The number of para-hydroxylation sites is 2. The maximum Gasteiger partial charge on any atom is 0.402 e. The van der Waals surface area contributed by atoms with E-state index in [0.29, 0.717) is 0 Å². The van der Waals surface area contributed by atoms with E-state index in [-0.39, 0.29) is 5.75 Å². The molecule has 7 heteroatoms. The van der Waals surface area contributed by atoms with Crippen molar-refractivity contribution in [1.29, 1.82) is 0 Å². The van der Waals surface area contributed by atoms with Gasteiger partial charge in [0.1, 0.15) is 0 Å². The van der Waals surface area contributed by atoms with Gasteiger partial charge in [-0.25, -0.2) is 4.79 Å². The molecular formula is C8H6N2O5. The Balaban J connectivity index is 2.99. The van der Waals surface area contributed by atoms with E-state index in [1.165, 1.54) is 18.2 Å². The Morgan fingerprint density at radius 3 is 2.47 bits per heavy atom. The molecule has 0 aliphatic heterocycles. The zero-order chi connectivity index (χ0) is 11.4. The van der Waals surface area contributed by atoms with Gasteiger partial charge in [-0.1, -0.05) is 12.1 Å². The molecule has 78 valence electrons. The molecule has 0 saturated heterocycles. The summed E-state index contributed by atoms with van der Waals surface area (Å²) >= 11 is 0. The molecule has 0 aromatic heterocycles. The minimum atomic E-state index is -1.34. The van der Waals surface area contributed by atoms with Crippen molar-refractivity contribution >= 4 is 17.6 Å². The van der Waals surface area contributed by atoms with Gasteiger partial charge in [-0.15, -0.1) is 0 Å². The van der Waals surface area contributed by atoms with Crippen LogP contribution >= 0.6 is 0 Å². The summed E-state index contributed by atoms with van der Waals surface area (Å²) in [4.78, 5) is 30.9.